The van der Waals surface area contributed by atoms with Gasteiger partial charge in [-0.05, 0) is 54.8 Å². The van der Waals surface area contributed by atoms with Gasteiger partial charge in [0.2, 0.25) is 0 Å². The van der Waals surface area contributed by atoms with E-state index in [2.05, 4.69) is 41.5 Å². The Morgan fingerprint density at radius 3 is 2.09 bits per heavy atom. The molecule has 1 N–H and O–H groups in total. The topological polar surface area (TPSA) is 37.3 Å². The highest BCUT2D eigenvalue weighted by molar-refractivity contribution is 5.89. The third-order valence-electron chi connectivity index (χ3n) is 7.47. The molecule has 0 radical (unpaired) electrons. The van der Waals surface area contributed by atoms with Crippen molar-refractivity contribution in [3.8, 4) is 0 Å². The fourth-order valence-corrected chi connectivity index (χ4v) is 5.05. The van der Waals surface area contributed by atoms with Gasteiger partial charge in [-0.2, -0.15) is 0 Å². The van der Waals surface area contributed by atoms with E-state index in [-0.39, 0.29) is 16.9 Å². The van der Waals surface area contributed by atoms with Crippen LogP contribution in [0.4, 0.5) is 0 Å². The summed E-state index contributed by atoms with van der Waals surface area (Å²) in [5.74, 6) is 3.14. The van der Waals surface area contributed by atoms with Crippen LogP contribution in [0.3, 0.4) is 0 Å². The van der Waals surface area contributed by atoms with Gasteiger partial charge in [-0.15, -0.1) is 0 Å². The zero-order valence-electron chi connectivity index (χ0n) is 15.5. The van der Waals surface area contributed by atoms with Gasteiger partial charge in [0.15, 0.2) is 0 Å². The maximum atomic E-state index is 11.6. The molecule has 2 nitrogen and oxygen atoms in total. The summed E-state index contributed by atoms with van der Waals surface area (Å²) in [6.45, 7) is 13.3. The lowest BCUT2D eigenvalue weighted by molar-refractivity contribution is -0.128. The Morgan fingerprint density at radius 2 is 1.77 bits per heavy atom. The SMILES string of the molecule is CC12CCC(CC1=O)C2(C)C.CC1CCC(C(C)C)C(O)C1. The molecular formula is C20H36O2. The summed E-state index contributed by atoms with van der Waals surface area (Å²) in [4.78, 5) is 11.6. The van der Waals surface area contributed by atoms with E-state index in [1.54, 1.807) is 0 Å². The van der Waals surface area contributed by atoms with Crippen LogP contribution in [-0.4, -0.2) is 17.0 Å². The average Bonchev–Trinajstić information content (AvgIpc) is 2.72. The van der Waals surface area contributed by atoms with Crippen LogP contribution in [0.1, 0.15) is 80.1 Å². The van der Waals surface area contributed by atoms with Gasteiger partial charge in [-0.1, -0.05) is 48.0 Å². The highest BCUT2D eigenvalue weighted by atomic mass is 16.3. The van der Waals surface area contributed by atoms with Crippen LogP contribution in [0.5, 0.6) is 0 Å². The third kappa shape index (κ3) is 3.00. The van der Waals surface area contributed by atoms with E-state index < -0.39 is 0 Å². The van der Waals surface area contributed by atoms with E-state index in [1.165, 1.54) is 19.3 Å². The molecule has 5 unspecified atom stereocenters. The maximum absolute atomic E-state index is 11.6. The van der Waals surface area contributed by atoms with Crippen molar-refractivity contribution in [3.05, 3.63) is 0 Å². The second-order valence-corrected chi connectivity index (χ2v) is 9.31. The Labute approximate surface area is 137 Å². The Kier molecular flexibility index (Phi) is 5.12. The molecule has 0 heterocycles. The number of fused-ring (bicyclic) bond motifs is 2. The van der Waals surface area contributed by atoms with Crippen molar-refractivity contribution >= 4 is 5.78 Å². The predicted molar refractivity (Wildman–Crippen MR) is 91.6 cm³/mol. The van der Waals surface area contributed by atoms with E-state index in [9.17, 15) is 9.90 Å². The zero-order chi connectivity index (χ0) is 16.7. The van der Waals surface area contributed by atoms with Crippen LogP contribution in [-0.2, 0) is 4.79 Å². The maximum Gasteiger partial charge on any atom is 0.139 e. The Bertz CT molecular complexity index is 412. The summed E-state index contributed by atoms with van der Waals surface area (Å²) in [5.41, 5.74) is 0.307. The highest BCUT2D eigenvalue weighted by Gasteiger charge is 2.61. The van der Waals surface area contributed by atoms with Gasteiger partial charge in [-0.3, -0.25) is 4.79 Å². The molecule has 22 heavy (non-hydrogen) atoms. The smallest absolute Gasteiger partial charge is 0.139 e. The number of rotatable bonds is 1. The minimum Gasteiger partial charge on any atom is -0.393 e. The number of carbonyl (C=O) groups excluding carboxylic acids is 1. The molecule has 0 saturated heterocycles. The summed E-state index contributed by atoms with van der Waals surface area (Å²) in [6, 6.07) is 0. The van der Waals surface area contributed by atoms with E-state index >= 15 is 0 Å². The van der Waals surface area contributed by atoms with Crippen LogP contribution >= 0.6 is 0 Å². The molecule has 128 valence electrons. The zero-order valence-corrected chi connectivity index (χ0v) is 15.5. The van der Waals surface area contributed by atoms with Crippen LogP contribution in [0.2, 0.25) is 0 Å². The molecule has 2 heteroatoms. The van der Waals surface area contributed by atoms with E-state index in [0.717, 1.165) is 25.2 Å². The Balaban J connectivity index is 0.000000160. The molecule has 3 aliphatic rings. The third-order valence-corrected chi connectivity index (χ3v) is 7.47. The molecule has 3 rings (SSSR count). The van der Waals surface area contributed by atoms with Crippen LogP contribution in [0, 0.1) is 34.5 Å². The molecule has 3 aliphatic carbocycles. The fourth-order valence-electron chi connectivity index (χ4n) is 5.05. The standard InChI is InChI=1S/C10H16O.C10H20O/c1-9(2)7-4-5-10(9,3)8(11)6-7;1-7(2)9-5-4-8(3)6-10(9)11/h7H,4-6H2,1-3H3;7-11H,4-6H2,1-3H3. The molecule has 0 aliphatic heterocycles. The minimum atomic E-state index is -0.0289. The van der Waals surface area contributed by atoms with Crippen molar-refractivity contribution in [2.45, 2.75) is 86.2 Å². The van der Waals surface area contributed by atoms with Crippen molar-refractivity contribution in [3.63, 3.8) is 0 Å². The lowest BCUT2D eigenvalue weighted by atomic mass is 9.70. The quantitative estimate of drug-likeness (QED) is 0.752. The molecule has 5 atom stereocenters. The number of ketones is 1. The molecule has 2 bridgehead atoms. The summed E-state index contributed by atoms with van der Waals surface area (Å²) < 4.78 is 0. The molecule has 0 amide bonds. The van der Waals surface area contributed by atoms with Crippen LogP contribution in [0.15, 0.2) is 0 Å². The molecule has 0 aromatic carbocycles. The molecular weight excluding hydrogens is 272 g/mol. The van der Waals surface area contributed by atoms with Gasteiger partial charge in [0, 0.05) is 11.8 Å². The Hall–Kier alpha value is -0.370. The number of carbonyl (C=O) groups is 1. The molecule has 3 saturated carbocycles. The number of Topliss-reactive ketones (excluding diaryl/α,β-unsaturated/α-hetero) is 1. The average molecular weight is 309 g/mol. The van der Waals surface area contributed by atoms with Gasteiger partial charge in [-0.25, -0.2) is 0 Å². The first kappa shape index (κ1) is 18.0. The van der Waals surface area contributed by atoms with Gasteiger partial charge in [0.1, 0.15) is 5.78 Å². The van der Waals surface area contributed by atoms with Crippen molar-refractivity contribution in [1.29, 1.82) is 0 Å². The number of aliphatic hydroxyl groups is 1. The van der Waals surface area contributed by atoms with Crippen LogP contribution in [0.25, 0.3) is 0 Å². The molecule has 0 spiro atoms. The van der Waals surface area contributed by atoms with Crippen molar-refractivity contribution in [1.82, 2.24) is 0 Å². The van der Waals surface area contributed by atoms with Gasteiger partial charge in [0.05, 0.1) is 6.10 Å². The van der Waals surface area contributed by atoms with Crippen molar-refractivity contribution < 1.29 is 9.90 Å². The highest BCUT2D eigenvalue weighted by Crippen LogP contribution is 2.63. The second kappa shape index (κ2) is 6.26. The van der Waals surface area contributed by atoms with E-state index in [1.807, 2.05) is 0 Å². The first-order chi connectivity index (χ1) is 10.1. The summed E-state index contributed by atoms with van der Waals surface area (Å²) in [5, 5.41) is 9.71. The lowest BCUT2D eigenvalue weighted by Gasteiger charge is -2.33. The monoisotopic (exact) mass is 308 g/mol. The first-order valence-electron chi connectivity index (χ1n) is 9.31. The molecule has 3 fully saturated rings. The van der Waals surface area contributed by atoms with Gasteiger partial charge >= 0.3 is 0 Å². The van der Waals surface area contributed by atoms with Gasteiger partial charge < -0.3 is 5.11 Å². The summed E-state index contributed by atoms with van der Waals surface area (Å²) in [7, 11) is 0. The van der Waals surface area contributed by atoms with E-state index in [0.29, 0.717) is 23.5 Å². The number of hydrogen-bond donors (Lipinski definition) is 1. The lowest BCUT2D eigenvalue weighted by Crippen LogP contribution is -2.32. The molecule has 0 aromatic heterocycles. The van der Waals surface area contributed by atoms with Crippen molar-refractivity contribution in [2.75, 3.05) is 0 Å². The normalized spacial score (nSPS) is 43.2. The van der Waals surface area contributed by atoms with Crippen molar-refractivity contribution in [2.24, 2.45) is 34.5 Å². The fraction of sp³-hybridized carbons (Fsp3) is 0.950. The largest absolute Gasteiger partial charge is 0.393 e. The van der Waals surface area contributed by atoms with E-state index in [4.69, 9.17) is 0 Å². The molecule has 0 aromatic rings. The van der Waals surface area contributed by atoms with Gasteiger partial charge in [0.25, 0.3) is 0 Å². The predicted octanol–water partition coefficient (Wildman–Crippen LogP) is 4.84. The number of aliphatic hydroxyl groups excluding tert-OH is 1. The van der Waals surface area contributed by atoms with Crippen LogP contribution < -0.4 is 0 Å². The number of hydrogen-bond acceptors (Lipinski definition) is 2. The minimum absolute atomic E-state index is 0.0255. The second-order valence-electron chi connectivity index (χ2n) is 9.31. The first-order valence-corrected chi connectivity index (χ1v) is 9.31. The summed E-state index contributed by atoms with van der Waals surface area (Å²) >= 11 is 0. The summed E-state index contributed by atoms with van der Waals surface area (Å²) in [6.07, 6.45) is 6.77. The Morgan fingerprint density at radius 1 is 1.14 bits per heavy atom.